The van der Waals surface area contributed by atoms with Gasteiger partial charge in [-0.25, -0.2) is 0 Å². The Morgan fingerprint density at radius 1 is 1.15 bits per heavy atom. The first-order valence-corrected chi connectivity index (χ1v) is 8.58. The number of fused-ring (bicyclic) bond motifs is 1. The van der Waals surface area contributed by atoms with Gasteiger partial charge in [0.05, 0.1) is 25.2 Å². The van der Waals surface area contributed by atoms with Gasteiger partial charge in [-0.05, 0) is 44.0 Å². The van der Waals surface area contributed by atoms with E-state index in [1.807, 2.05) is 13.8 Å². The average molecular weight is 366 g/mol. The van der Waals surface area contributed by atoms with Gasteiger partial charge in [-0.2, -0.15) is 0 Å². The number of ether oxygens (including phenoxy) is 2. The number of hydrogen-bond donors (Lipinski definition) is 1. The summed E-state index contributed by atoms with van der Waals surface area (Å²) < 4.78 is 16.9. The lowest BCUT2D eigenvalue weighted by molar-refractivity contribution is 0.384. The summed E-state index contributed by atoms with van der Waals surface area (Å²) in [5.74, 6) is 1.21. The van der Waals surface area contributed by atoms with Crippen molar-refractivity contribution in [2.75, 3.05) is 14.2 Å². The minimum atomic E-state index is -0.188. The van der Waals surface area contributed by atoms with Crippen LogP contribution in [0.15, 0.2) is 57.5 Å². The number of methoxy groups -OCH3 is 2. The van der Waals surface area contributed by atoms with E-state index < -0.39 is 0 Å². The van der Waals surface area contributed by atoms with Gasteiger partial charge in [0.1, 0.15) is 17.8 Å². The predicted molar refractivity (Wildman–Crippen MR) is 106 cm³/mol. The molecule has 1 heterocycles. The normalized spacial score (nSPS) is 10.7. The highest BCUT2D eigenvalue weighted by Crippen LogP contribution is 2.37. The van der Waals surface area contributed by atoms with Crippen molar-refractivity contribution in [3.05, 3.63) is 64.0 Å². The summed E-state index contributed by atoms with van der Waals surface area (Å²) in [7, 11) is 3.12. The number of phenols is 1. The molecule has 1 N–H and O–H groups in total. The van der Waals surface area contributed by atoms with Gasteiger partial charge in [0.2, 0.25) is 5.43 Å². The third kappa shape index (κ3) is 3.53. The van der Waals surface area contributed by atoms with Crippen LogP contribution < -0.4 is 14.9 Å². The highest BCUT2D eigenvalue weighted by molar-refractivity contribution is 5.89. The lowest BCUT2D eigenvalue weighted by atomic mass is 10.0. The third-order valence-corrected chi connectivity index (χ3v) is 4.40. The number of rotatable bonds is 5. The molecule has 0 saturated heterocycles. The van der Waals surface area contributed by atoms with Gasteiger partial charge in [-0.1, -0.05) is 23.8 Å². The van der Waals surface area contributed by atoms with E-state index in [1.165, 1.54) is 24.0 Å². The first kappa shape index (κ1) is 18.6. The van der Waals surface area contributed by atoms with Gasteiger partial charge in [0.15, 0.2) is 11.3 Å². The van der Waals surface area contributed by atoms with E-state index in [0.29, 0.717) is 40.0 Å². The molecule has 0 unspecified atom stereocenters. The number of allylic oxidation sites excluding steroid dienone is 2. The molecule has 3 aromatic rings. The standard InChI is InChI=1S/C22H22O5/c1-13(2)5-10-16-19(25-3)11-17-20(24)18(12-27-22(17)21(16)26-4)14-6-8-15(23)9-7-14/h5-9,11-12,23H,10H2,1-4H3. The summed E-state index contributed by atoms with van der Waals surface area (Å²) in [6.45, 7) is 4.04. The number of aromatic hydroxyl groups is 1. The summed E-state index contributed by atoms with van der Waals surface area (Å²) in [4.78, 5) is 13.1. The van der Waals surface area contributed by atoms with Crippen LogP contribution >= 0.6 is 0 Å². The SMILES string of the molecule is COc1cc2c(=O)c(-c3ccc(O)cc3)coc2c(OC)c1CC=C(C)C. The van der Waals surface area contributed by atoms with Crippen molar-refractivity contribution in [2.45, 2.75) is 20.3 Å². The molecule has 0 aliphatic heterocycles. The molecule has 0 amide bonds. The zero-order valence-corrected chi connectivity index (χ0v) is 15.8. The molecule has 0 bridgehead atoms. The topological polar surface area (TPSA) is 68.9 Å². The molecule has 0 atom stereocenters. The third-order valence-electron chi connectivity index (χ3n) is 4.40. The summed E-state index contributed by atoms with van der Waals surface area (Å²) in [5, 5.41) is 9.85. The van der Waals surface area contributed by atoms with E-state index in [4.69, 9.17) is 13.9 Å². The lowest BCUT2D eigenvalue weighted by Gasteiger charge is -2.14. The molecule has 0 spiro atoms. The highest BCUT2D eigenvalue weighted by Gasteiger charge is 2.20. The van der Waals surface area contributed by atoms with E-state index in [0.717, 1.165) is 5.56 Å². The van der Waals surface area contributed by atoms with E-state index in [-0.39, 0.29) is 11.2 Å². The van der Waals surface area contributed by atoms with Gasteiger partial charge < -0.3 is 19.0 Å². The van der Waals surface area contributed by atoms with Crippen LogP contribution in [0.1, 0.15) is 19.4 Å². The highest BCUT2D eigenvalue weighted by atomic mass is 16.5. The fourth-order valence-corrected chi connectivity index (χ4v) is 2.99. The quantitative estimate of drug-likeness (QED) is 0.663. The Kier molecular flexibility index (Phi) is 5.21. The fourth-order valence-electron chi connectivity index (χ4n) is 2.99. The smallest absolute Gasteiger partial charge is 0.200 e. The molecular weight excluding hydrogens is 344 g/mol. The molecule has 5 nitrogen and oxygen atoms in total. The van der Waals surface area contributed by atoms with Gasteiger partial charge in [-0.3, -0.25) is 4.79 Å². The van der Waals surface area contributed by atoms with Crippen LogP contribution in [0.3, 0.4) is 0 Å². The van der Waals surface area contributed by atoms with Crippen molar-refractivity contribution in [3.63, 3.8) is 0 Å². The van der Waals surface area contributed by atoms with Crippen LogP contribution in [0.5, 0.6) is 17.2 Å². The Morgan fingerprint density at radius 2 is 1.85 bits per heavy atom. The Morgan fingerprint density at radius 3 is 2.44 bits per heavy atom. The molecule has 0 saturated carbocycles. The van der Waals surface area contributed by atoms with Gasteiger partial charge in [0.25, 0.3) is 0 Å². The molecule has 0 aliphatic carbocycles. The zero-order valence-electron chi connectivity index (χ0n) is 15.8. The van der Waals surface area contributed by atoms with Crippen LogP contribution in [-0.2, 0) is 6.42 Å². The Labute approximate surface area is 157 Å². The molecule has 0 radical (unpaired) electrons. The van der Waals surface area contributed by atoms with Crippen LogP contribution in [0, 0.1) is 0 Å². The van der Waals surface area contributed by atoms with Crippen molar-refractivity contribution >= 4 is 11.0 Å². The second-order valence-electron chi connectivity index (χ2n) is 6.48. The number of benzene rings is 2. The molecule has 3 rings (SSSR count). The minimum absolute atomic E-state index is 0.135. The predicted octanol–water partition coefficient (Wildman–Crippen LogP) is 4.69. The van der Waals surface area contributed by atoms with Crippen LogP contribution in [-0.4, -0.2) is 19.3 Å². The lowest BCUT2D eigenvalue weighted by Crippen LogP contribution is -2.07. The summed E-state index contributed by atoms with van der Waals surface area (Å²) in [5.41, 5.74) is 3.27. The van der Waals surface area contributed by atoms with Gasteiger partial charge in [0, 0.05) is 5.56 Å². The second-order valence-corrected chi connectivity index (χ2v) is 6.48. The molecule has 0 fully saturated rings. The number of hydrogen-bond acceptors (Lipinski definition) is 5. The first-order valence-electron chi connectivity index (χ1n) is 8.58. The maximum atomic E-state index is 13.1. The van der Waals surface area contributed by atoms with E-state index in [9.17, 15) is 9.90 Å². The Hall–Kier alpha value is -3.21. The maximum absolute atomic E-state index is 13.1. The van der Waals surface area contributed by atoms with Crippen molar-refractivity contribution in [3.8, 4) is 28.4 Å². The van der Waals surface area contributed by atoms with Crippen molar-refractivity contribution < 1.29 is 19.0 Å². The Balaban J connectivity index is 2.27. The molecule has 140 valence electrons. The fraction of sp³-hybridized carbons (Fsp3) is 0.227. The summed E-state index contributed by atoms with van der Waals surface area (Å²) in [6.07, 6.45) is 4.10. The average Bonchev–Trinajstić information content (AvgIpc) is 2.66. The monoisotopic (exact) mass is 366 g/mol. The van der Waals surface area contributed by atoms with Crippen LogP contribution in [0.4, 0.5) is 0 Å². The molecule has 1 aromatic heterocycles. The second kappa shape index (κ2) is 7.58. The summed E-state index contributed by atoms with van der Waals surface area (Å²) in [6, 6.07) is 8.10. The van der Waals surface area contributed by atoms with E-state index in [2.05, 4.69) is 6.08 Å². The zero-order chi connectivity index (χ0) is 19.6. The molecule has 27 heavy (non-hydrogen) atoms. The number of phenolic OH excluding ortho intramolecular Hbond substituents is 1. The van der Waals surface area contributed by atoms with Crippen molar-refractivity contribution in [1.82, 2.24) is 0 Å². The minimum Gasteiger partial charge on any atom is -0.508 e. The van der Waals surface area contributed by atoms with Crippen LogP contribution in [0.2, 0.25) is 0 Å². The molecule has 2 aromatic carbocycles. The molecule has 0 aliphatic rings. The molecular formula is C22H22O5. The van der Waals surface area contributed by atoms with Gasteiger partial charge in [-0.15, -0.1) is 0 Å². The van der Waals surface area contributed by atoms with Crippen molar-refractivity contribution in [2.24, 2.45) is 0 Å². The largest absolute Gasteiger partial charge is 0.508 e. The maximum Gasteiger partial charge on any atom is 0.200 e. The van der Waals surface area contributed by atoms with Gasteiger partial charge >= 0.3 is 0 Å². The van der Waals surface area contributed by atoms with E-state index in [1.54, 1.807) is 32.4 Å². The summed E-state index contributed by atoms with van der Waals surface area (Å²) >= 11 is 0. The Bertz CT molecular complexity index is 1050. The van der Waals surface area contributed by atoms with E-state index >= 15 is 0 Å². The van der Waals surface area contributed by atoms with Crippen LogP contribution in [0.25, 0.3) is 22.1 Å². The first-order chi connectivity index (χ1) is 13.0. The molecule has 5 heteroatoms. The van der Waals surface area contributed by atoms with Crippen molar-refractivity contribution in [1.29, 1.82) is 0 Å².